The number of nitrogens with one attached hydrogen (secondary N) is 1. The van der Waals surface area contributed by atoms with Gasteiger partial charge in [-0.1, -0.05) is 31.9 Å². The smallest absolute Gasteiger partial charge is 0.255 e. The molecule has 1 aromatic carbocycles. The Bertz CT molecular complexity index is 669. The number of hydrogen-bond acceptors (Lipinski definition) is 3. The van der Waals surface area contributed by atoms with Gasteiger partial charge in [0.2, 0.25) is 0 Å². The summed E-state index contributed by atoms with van der Waals surface area (Å²) in [5.74, 6) is 0.407. The molecule has 1 saturated carbocycles. The minimum Gasteiger partial charge on any atom is -0.505 e. The van der Waals surface area contributed by atoms with E-state index < -0.39 is 0 Å². The zero-order valence-electron chi connectivity index (χ0n) is 12.2. The van der Waals surface area contributed by atoms with Gasteiger partial charge in [0.05, 0.1) is 5.56 Å². The summed E-state index contributed by atoms with van der Waals surface area (Å²) in [5.41, 5.74) is 0.779. The van der Waals surface area contributed by atoms with E-state index >= 15 is 0 Å². The van der Waals surface area contributed by atoms with E-state index in [9.17, 15) is 9.90 Å². The number of carbonyl (C=O) groups excluding carboxylic acids is 1. The van der Waals surface area contributed by atoms with Gasteiger partial charge in [-0.05, 0) is 30.9 Å². The van der Waals surface area contributed by atoms with E-state index in [4.69, 9.17) is 0 Å². The number of carbonyl (C=O) groups is 1. The summed E-state index contributed by atoms with van der Waals surface area (Å²) < 4.78 is 0. The Morgan fingerprint density at radius 1 is 1.33 bits per heavy atom. The molecule has 0 spiro atoms. The molecular formula is C17H20N2O2. The van der Waals surface area contributed by atoms with Crippen molar-refractivity contribution in [2.24, 2.45) is 5.92 Å². The number of fused-ring (bicyclic) bond motifs is 1. The fraction of sp³-hybridized carbons (Fsp3) is 0.412. The van der Waals surface area contributed by atoms with Crippen LogP contribution in [-0.4, -0.2) is 22.0 Å². The Kier molecular flexibility index (Phi) is 3.78. The van der Waals surface area contributed by atoms with Gasteiger partial charge >= 0.3 is 0 Å². The lowest BCUT2D eigenvalue weighted by molar-refractivity contribution is 0.0919. The van der Waals surface area contributed by atoms with Crippen LogP contribution in [0.25, 0.3) is 10.9 Å². The van der Waals surface area contributed by atoms with Crippen molar-refractivity contribution in [2.75, 3.05) is 0 Å². The van der Waals surface area contributed by atoms with Crippen molar-refractivity contribution in [1.29, 1.82) is 0 Å². The maximum absolute atomic E-state index is 12.4. The number of nitrogens with zero attached hydrogens (tertiary/aromatic N) is 1. The van der Waals surface area contributed by atoms with Gasteiger partial charge in [0.1, 0.15) is 5.52 Å². The monoisotopic (exact) mass is 284 g/mol. The van der Waals surface area contributed by atoms with Crippen LogP contribution in [0.2, 0.25) is 0 Å². The van der Waals surface area contributed by atoms with E-state index in [1.165, 1.54) is 6.42 Å². The summed E-state index contributed by atoms with van der Waals surface area (Å²) in [4.78, 5) is 16.5. The molecule has 1 amide bonds. The highest BCUT2D eigenvalue weighted by molar-refractivity contribution is 6.02. The molecule has 1 aliphatic carbocycles. The average molecular weight is 284 g/mol. The van der Waals surface area contributed by atoms with E-state index in [0.717, 1.165) is 24.6 Å². The van der Waals surface area contributed by atoms with Crippen molar-refractivity contribution in [1.82, 2.24) is 10.3 Å². The van der Waals surface area contributed by atoms with Crippen molar-refractivity contribution in [2.45, 2.75) is 38.6 Å². The number of aromatic hydroxyl groups is 1. The quantitative estimate of drug-likeness (QED) is 0.890. The van der Waals surface area contributed by atoms with Crippen molar-refractivity contribution in [3.05, 3.63) is 36.0 Å². The molecule has 2 N–H and O–H groups in total. The van der Waals surface area contributed by atoms with Crippen LogP contribution in [0.3, 0.4) is 0 Å². The molecule has 4 heteroatoms. The van der Waals surface area contributed by atoms with Crippen molar-refractivity contribution in [3.8, 4) is 5.75 Å². The van der Waals surface area contributed by atoms with Gasteiger partial charge in [-0.15, -0.1) is 0 Å². The Labute approximate surface area is 124 Å². The Morgan fingerprint density at radius 2 is 2.19 bits per heavy atom. The highest BCUT2D eigenvalue weighted by Gasteiger charge is 2.22. The van der Waals surface area contributed by atoms with Crippen molar-refractivity contribution < 1.29 is 9.90 Å². The maximum Gasteiger partial charge on any atom is 0.255 e. The summed E-state index contributed by atoms with van der Waals surface area (Å²) in [5, 5.41) is 14.2. The molecule has 1 aliphatic rings. The Balaban J connectivity index is 1.83. The largest absolute Gasteiger partial charge is 0.505 e. The van der Waals surface area contributed by atoms with E-state index in [2.05, 4.69) is 17.2 Å². The molecule has 1 fully saturated rings. The molecule has 2 aromatic rings. The van der Waals surface area contributed by atoms with Crippen LogP contribution in [-0.2, 0) is 0 Å². The van der Waals surface area contributed by atoms with Gasteiger partial charge in [0.15, 0.2) is 5.75 Å². The molecule has 0 bridgehead atoms. The summed E-state index contributed by atoms with van der Waals surface area (Å²) in [6.45, 7) is 2.22. The predicted molar refractivity (Wildman–Crippen MR) is 82.3 cm³/mol. The minimum atomic E-state index is -0.209. The van der Waals surface area contributed by atoms with Gasteiger partial charge in [0.25, 0.3) is 5.91 Å². The summed E-state index contributed by atoms with van der Waals surface area (Å²) in [6, 6.07) is 7.37. The van der Waals surface area contributed by atoms with Gasteiger partial charge in [-0.3, -0.25) is 9.78 Å². The van der Waals surface area contributed by atoms with E-state index in [1.54, 1.807) is 12.3 Å². The Morgan fingerprint density at radius 3 is 3.00 bits per heavy atom. The zero-order chi connectivity index (χ0) is 14.8. The van der Waals surface area contributed by atoms with Crippen LogP contribution in [0, 0.1) is 5.92 Å². The molecule has 4 nitrogen and oxygen atoms in total. The minimum absolute atomic E-state index is 0.0329. The number of aromatic nitrogens is 1. The third-order valence-corrected chi connectivity index (χ3v) is 4.26. The van der Waals surface area contributed by atoms with Crippen LogP contribution < -0.4 is 5.32 Å². The molecule has 3 rings (SSSR count). The second-order valence-corrected chi connectivity index (χ2v) is 5.98. The van der Waals surface area contributed by atoms with Gasteiger partial charge in [-0.25, -0.2) is 0 Å². The molecule has 2 unspecified atom stereocenters. The number of phenolic OH excluding ortho intramolecular Hbond substituents is 1. The fourth-order valence-electron chi connectivity index (χ4n) is 3.14. The third kappa shape index (κ3) is 2.84. The van der Waals surface area contributed by atoms with Crippen LogP contribution in [0.5, 0.6) is 5.75 Å². The third-order valence-electron chi connectivity index (χ3n) is 4.26. The molecule has 0 radical (unpaired) electrons. The first-order valence-corrected chi connectivity index (χ1v) is 7.52. The number of phenols is 1. The number of hydrogen-bond donors (Lipinski definition) is 2. The molecule has 2 atom stereocenters. The highest BCUT2D eigenvalue weighted by Crippen LogP contribution is 2.28. The first-order chi connectivity index (χ1) is 10.1. The van der Waals surface area contributed by atoms with E-state index in [1.807, 2.05) is 18.2 Å². The van der Waals surface area contributed by atoms with Gasteiger partial charge in [-0.2, -0.15) is 0 Å². The lowest BCUT2D eigenvalue weighted by Gasteiger charge is -2.27. The number of rotatable bonds is 2. The van der Waals surface area contributed by atoms with Crippen molar-refractivity contribution in [3.63, 3.8) is 0 Å². The van der Waals surface area contributed by atoms with Gasteiger partial charge in [0, 0.05) is 17.6 Å². The first-order valence-electron chi connectivity index (χ1n) is 7.52. The highest BCUT2D eigenvalue weighted by atomic mass is 16.3. The normalized spacial score (nSPS) is 22.1. The second kappa shape index (κ2) is 5.72. The second-order valence-electron chi connectivity index (χ2n) is 5.98. The molecule has 0 saturated heterocycles. The standard InChI is InChI=1S/C17H20N2O2/c1-11-4-2-6-13(10-11)19-17(21)14-8-7-12-5-3-9-18-15(12)16(14)20/h3,5,7-9,11,13,20H,2,4,6,10H2,1H3,(H,19,21). The van der Waals surface area contributed by atoms with Crippen LogP contribution in [0.4, 0.5) is 0 Å². The summed E-state index contributed by atoms with van der Waals surface area (Å²) in [6.07, 6.45) is 6.03. The van der Waals surface area contributed by atoms with Crippen LogP contribution >= 0.6 is 0 Å². The predicted octanol–water partition coefficient (Wildman–Crippen LogP) is 3.25. The van der Waals surface area contributed by atoms with Crippen molar-refractivity contribution >= 4 is 16.8 Å². The maximum atomic E-state index is 12.4. The number of pyridine rings is 1. The molecule has 1 heterocycles. The molecule has 1 aromatic heterocycles. The summed E-state index contributed by atoms with van der Waals surface area (Å²) in [7, 11) is 0. The molecule has 21 heavy (non-hydrogen) atoms. The number of amides is 1. The molecule has 110 valence electrons. The van der Waals surface area contributed by atoms with E-state index in [-0.39, 0.29) is 17.7 Å². The topological polar surface area (TPSA) is 62.2 Å². The Hall–Kier alpha value is -2.10. The lowest BCUT2D eigenvalue weighted by Crippen LogP contribution is -2.38. The summed E-state index contributed by atoms with van der Waals surface area (Å²) >= 11 is 0. The first kappa shape index (κ1) is 13.9. The lowest BCUT2D eigenvalue weighted by atomic mass is 9.87. The van der Waals surface area contributed by atoms with Crippen LogP contribution in [0.15, 0.2) is 30.5 Å². The molecular weight excluding hydrogens is 264 g/mol. The van der Waals surface area contributed by atoms with E-state index in [0.29, 0.717) is 17.0 Å². The fourth-order valence-corrected chi connectivity index (χ4v) is 3.14. The van der Waals surface area contributed by atoms with Gasteiger partial charge < -0.3 is 10.4 Å². The number of benzene rings is 1. The SMILES string of the molecule is CC1CCCC(NC(=O)c2ccc3cccnc3c2O)C1. The van der Waals surface area contributed by atoms with Crippen LogP contribution in [0.1, 0.15) is 43.0 Å². The zero-order valence-corrected chi connectivity index (χ0v) is 12.2. The molecule has 0 aliphatic heterocycles. The average Bonchev–Trinajstić information content (AvgIpc) is 2.48.